The Kier molecular flexibility index (Phi) is 5.23. The highest BCUT2D eigenvalue weighted by Crippen LogP contribution is 2.40. The summed E-state index contributed by atoms with van der Waals surface area (Å²) in [7, 11) is 0. The molecule has 32 heavy (non-hydrogen) atoms. The molecule has 8 nitrogen and oxygen atoms in total. The second kappa shape index (κ2) is 7.72. The van der Waals surface area contributed by atoms with Gasteiger partial charge in [-0.3, -0.25) is 14.2 Å². The second-order valence-electron chi connectivity index (χ2n) is 9.48. The van der Waals surface area contributed by atoms with Crippen LogP contribution in [0.5, 0.6) is 0 Å². The van der Waals surface area contributed by atoms with Crippen LogP contribution in [0.4, 0.5) is 24.9 Å². The molecule has 3 fully saturated rings. The van der Waals surface area contributed by atoms with Crippen molar-refractivity contribution in [2.24, 2.45) is 5.92 Å². The first-order valence-electron chi connectivity index (χ1n) is 11.1. The minimum Gasteiger partial charge on any atom is -0.381 e. The highest BCUT2D eigenvalue weighted by molar-refractivity contribution is 5.85. The number of morpholine rings is 1. The van der Waals surface area contributed by atoms with E-state index in [0.29, 0.717) is 45.0 Å². The van der Waals surface area contributed by atoms with E-state index >= 15 is 0 Å². The van der Waals surface area contributed by atoms with E-state index in [2.05, 4.69) is 4.98 Å². The van der Waals surface area contributed by atoms with Crippen molar-refractivity contribution in [3.05, 3.63) is 16.4 Å². The summed E-state index contributed by atoms with van der Waals surface area (Å²) >= 11 is 0. The van der Waals surface area contributed by atoms with Gasteiger partial charge in [-0.1, -0.05) is 0 Å². The molecule has 3 saturated heterocycles. The Labute approximate surface area is 183 Å². The predicted molar refractivity (Wildman–Crippen MR) is 109 cm³/mol. The van der Waals surface area contributed by atoms with E-state index < -0.39 is 24.3 Å². The van der Waals surface area contributed by atoms with Gasteiger partial charge in [0.15, 0.2) is 5.78 Å². The molecule has 5 rings (SSSR count). The number of aromatic nitrogens is 2. The maximum atomic E-state index is 13.9. The highest BCUT2D eigenvalue weighted by Gasteiger charge is 2.50. The fourth-order valence-corrected chi connectivity index (χ4v) is 5.42. The minimum absolute atomic E-state index is 0.0364. The summed E-state index contributed by atoms with van der Waals surface area (Å²) < 4.78 is 54.1. The first-order valence-corrected chi connectivity index (χ1v) is 11.1. The molecular formula is C21H27F3N4O4. The Morgan fingerprint density at radius 3 is 2.66 bits per heavy atom. The summed E-state index contributed by atoms with van der Waals surface area (Å²) in [6.45, 7) is 3.35. The van der Waals surface area contributed by atoms with Crippen molar-refractivity contribution in [2.75, 3.05) is 42.7 Å². The number of ether oxygens (including phenoxy) is 2. The topological polar surface area (TPSA) is 76.9 Å². The lowest BCUT2D eigenvalue weighted by Crippen LogP contribution is -2.55. The maximum Gasteiger partial charge on any atom is 0.408 e. The Hall–Kier alpha value is -2.14. The third-order valence-corrected chi connectivity index (χ3v) is 7.15. The van der Waals surface area contributed by atoms with Gasteiger partial charge in [0.25, 0.3) is 5.56 Å². The number of alkyl halides is 3. The van der Waals surface area contributed by atoms with Crippen LogP contribution in [-0.2, 0) is 20.8 Å². The zero-order valence-corrected chi connectivity index (χ0v) is 17.9. The SMILES string of the molecule is C[C@@]12CC(CO1)N(c1cc(=O)n3c(n1)N(CC(=O)C1CCOCC1)[C@H](C(F)(F)F)CC3)C2. The van der Waals surface area contributed by atoms with Gasteiger partial charge in [0, 0.05) is 44.7 Å². The maximum absolute atomic E-state index is 13.9. The van der Waals surface area contributed by atoms with Crippen LogP contribution < -0.4 is 15.4 Å². The highest BCUT2D eigenvalue weighted by atomic mass is 19.4. The van der Waals surface area contributed by atoms with Crippen LogP contribution in [0.25, 0.3) is 0 Å². The van der Waals surface area contributed by atoms with Crippen LogP contribution in [0.15, 0.2) is 10.9 Å². The summed E-state index contributed by atoms with van der Waals surface area (Å²) in [5.74, 6) is -0.328. The predicted octanol–water partition coefficient (Wildman–Crippen LogP) is 1.75. The number of carbonyl (C=O) groups excluding carboxylic acids is 1. The zero-order chi connectivity index (χ0) is 22.7. The van der Waals surface area contributed by atoms with Gasteiger partial charge in [-0.25, -0.2) is 0 Å². The molecule has 176 valence electrons. The normalized spacial score (nSPS) is 30.6. The summed E-state index contributed by atoms with van der Waals surface area (Å²) in [6.07, 6.45) is -3.06. The lowest BCUT2D eigenvalue weighted by atomic mass is 9.94. The fourth-order valence-electron chi connectivity index (χ4n) is 5.42. The number of nitrogens with zero attached hydrogens (tertiary/aromatic N) is 4. The summed E-state index contributed by atoms with van der Waals surface area (Å²) in [5, 5.41) is 0. The third kappa shape index (κ3) is 3.79. The Morgan fingerprint density at radius 1 is 1.28 bits per heavy atom. The third-order valence-electron chi connectivity index (χ3n) is 7.15. The summed E-state index contributed by atoms with van der Waals surface area (Å²) in [5.41, 5.74) is -0.742. The van der Waals surface area contributed by atoms with Crippen molar-refractivity contribution in [1.29, 1.82) is 0 Å². The zero-order valence-electron chi connectivity index (χ0n) is 17.9. The van der Waals surface area contributed by atoms with Crippen molar-refractivity contribution >= 4 is 17.5 Å². The fraction of sp³-hybridized carbons (Fsp3) is 0.762. The number of hydrogen-bond donors (Lipinski definition) is 0. The monoisotopic (exact) mass is 456 g/mol. The molecular weight excluding hydrogens is 429 g/mol. The lowest BCUT2D eigenvalue weighted by molar-refractivity contribution is -0.153. The number of fused-ring (bicyclic) bond motifs is 3. The molecule has 3 atom stereocenters. The van der Waals surface area contributed by atoms with Gasteiger partial charge in [-0.2, -0.15) is 18.2 Å². The van der Waals surface area contributed by atoms with E-state index in [0.717, 1.165) is 11.3 Å². The second-order valence-corrected chi connectivity index (χ2v) is 9.48. The van der Waals surface area contributed by atoms with Crippen molar-refractivity contribution in [3.63, 3.8) is 0 Å². The molecule has 0 saturated carbocycles. The average Bonchev–Trinajstić information content (AvgIpc) is 3.30. The Bertz CT molecular complexity index is 961. The number of hydrogen-bond acceptors (Lipinski definition) is 7. The van der Waals surface area contributed by atoms with Crippen LogP contribution >= 0.6 is 0 Å². The Morgan fingerprint density at radius 2 is 2.03 bits per heavy atom. The number of halogens is 3. The summed E-state index contributed by atoms with van der Waals surface area (Å²) in [4.78, 5) is 33.3. The van der Waals surface area contributed by atoms with Crippen LogP contribution in [0.3, 0.4) is 0 Å². The average molecular weight is 456 g/mol. The van der Waals surface area contributed by atoms with Crippen LogP contribution in [0.1, 0.15) is 32.6 Å². The Balaban J connectivity index is 1.50. The number of carbonyl (C=O) groups is 1. The van der Waals surface area contributed by atoms with Crippen LogP contribution in [-0.4, -0.2) is 72.1 Å². The molecule has 2 bridgehead atoms. The quantitative estimate of drug-likeness (QED) is 0.683. The molecule has 0 aromatic carbocycles. The van der Waals surface area contributed by atoms with Crippen molar-refractivity contribution in [1.82, 2.24) is 9.55 Å². The smallest absolute Gasteiger partial charge is 0.381 e. The van der Waals surface area contributed by atoms with E-state index in [-0.39, 0.29) is 42.3 Å². The van der Waals surface area contributed by atoms with Crippen LogP contribution in [0.2, 0.25) is 0 Å². The molecule has 4 aliphatic heterocycles. The molecule has 4 aliphatic rings. The van der Waals surface area contributed by atoms with Gasteiger partial charge in [0.2, 0.25) is 5.95 Å². The van der Waals surface area contributed by atoms with E-state index in [4.69, 9.17) is 9.47 Å². The lowest BCUT2D eigenvalue weighted by Gasteiger charge is -2.40. The van der Waals surface area contributed by atoms with E-state index in [9.17, 15) is 22.8 Å². The van der Waals surface area contributed by atoms with Crippen molar-refractivity contribution < 1.29 is 27.4 Å². The molecule has 1 aromatic rings. The molecule has 0 N–H and O–H groups in total. The molecule has 1 unspecified atom stereocenters. The van der Waals surface area contributed by atoms with Gasteiger partial charge in [0.05, 0.1) is 24.8 Å². The van der Waals surface area contributed by atoms with Gasteiger partial charge in [-0.15, -0.1) is 0 Å². The summed E-state index contributed by atoms with van der Waals surface area (Å²) in [6, 6.07) is -0.432. The standard InChI is InChI=1S/C21H27F3N4O4/c1-20-9-14(11-32-20)28(12-20)17-8-18(30)26-5-2-16(21(22,23)24)27(19(26)25-17)10-15(29)13-3-6-31-7-4-13/h8,13-14,16H,2-7,9-12H2,1H3/t14?,16-,20-/m0/s1. The first-order chi connectivity index (χ1) is 15.1. The van der Waals surface area contributed by atoms with Crippen molar-refractivity contribution in [3.8, 4) is 0 Å². The largest absolute Gasteiger partial charge is 0.408 e. The number of Topliss-reactive ketones (excluding diaryl/α,β-unsaturated/α-hetero) is 1. The van der Waals surface area contributed by atoms with Gasteiger partial charge >= 0.3 is 6.18 Å². The van der Waals surface area contributed by atoms with Crippen LogP contribution in [0, 0.1) is 5.92 Å². The molecule has 0 radical (unpaired) electrons. The van der Waals surface area contributed by atoms with E-state index in [1.165, 1.54) is 10.6 Å². The van der Waals surface area contributed by atoms with E-state index in [1.807, 2.05) is 11.8 Å². The molecule has 5 heterocycles. The molecule has 0 aliphatic carbocycles. The van der Waals surface area contributed by atoms with Gasteiger partial charge < -0.3 is 19.3 Å². The number of ketones is 1. The number of rotatable bonds is 4. The van der Waals surface area contributed by atoms with E-state index in [1.54, 1.807) is 0 Å². The first kappa shape index (κ1) is 21.7. The van der Waals surface area contributed by atoms with Gasteiger partial charge in [0.1, 0.15) is 11.9 Å². The molecule has 1 aromatic heterocycles. The van der Waals surface area contributed by atoms with Crippen molar-refractivity contribution in [2.45, 2.75) is 63.0 Å². The molecule has 0 spiro atoms. The molecule has 0 amide bonds. The number of anilines is 2. The minimum atomic E-state index is -4.54. The van der Waals surface area contributed by atoms with Gasteiger partial charge in [-0.05, 0) is 26.2 Å². The molecule has 11 heteroatoms.